The Hall–Kier alpha value is -1.64. The minimum absolute atomic E-state index is 0.131. The number of nitrogens with zero attached hydrogens (tertiary/aromatic N) is 4. The molecule has 0 bridgehead atoms. The Morgan fingerprint density at radius 3 is 2.57 bits per heavy atom. The van der Waals surface area contributed by atoms with E-state index in [0.717, 1.165) is 6.42 Å². The molecule has 1 unspecified atom stereocenters. The van der Waals surface area contributed by atoms with Crippen molar-refractivity contribution in [1.29, 1.82) is 0 Å². The molecule has 0 radical (unpaired) electrons. The second-order valence-electron chi connectivity index (χ2n) is 5.31. The Balaban J connectivity index is 2.18. The van der Waals surface area contributed by atoms with Gasteiger partial charge in [-0.1, -0.05) is 0 Å². The molecular formula is C12H22N6O2S. The quantitative estimate of drug-likeness (QED) is 0.803. The van der Waals surface area contributed by atoms with Crippen LogP contribution in [0.25, 0.3) is 0 Å². The lowest BCUT2D eigenvalue weighted by Crippen LogP contribution is -2.35. The van der Waals surface area contributed by atoms with Gasteiger partial charge >= 0.3 is 0 Å². The van der Waals surface area contributed by atoms with Crippen molar-refractivity contribution in [2.24, 2.45) is 0 Å². The van der Waals surface area contributed by atoms with Gasteiger partial charge in [0, 0.05) is 26.7 Å². The molecule has 8 nitrogen and oxygen atoms in total. The van der Waals surface area contributed by atoms with Gasteiger partial charge in [-0.2, -0.15) is 15.0 Å². The number of hydrogen-bond acceptors (Lipinski definition) is 8. The highest BCUT2D eigenvalue weighted by atomic mass is 32.2. The Bertz CT molecular complexity index is 589. The molecule has 1 fully saturated rings. The van der Waals surface area contributed by atoms with Gasteiger partial charge in [0.15, 0.2) is 9.84 Å². The average Bonchev–Trinajstić information content (AvgIpc) is 2.37. The number of sulfone groups is 1. The second kappa shape index (κ2) is 6.42. The molecular weight excluding hydrogens is 292 g/mol. The van der Waals surface area contributed by atoms with Gasteiger partial charge < -0.3 is 15.5 Å². The molecule has 118 valence electrons. The van der Waals surface area contributed by atoms with Gasteiger partial charge in [0.25, 0.3) is 0 Å². The maximum absolute atomic E-state index is 11.7. The van der Waals surface area contributed by atoms with Crippen LogP contribution in [0.3, 0.4) is 0 Å². The summed E-state index contributed by atoms with van der Waals surface area (Å²) in [5, 5.41) is 6.17. The van der Waals surface area contributed by atoms with Crippen molar-refractivity contribution in [2.75, 3.05) is 47.7 Å². The van der Waals surface area contributed by atoms with E-state index in [0.29, 0.717) is 30.8 Å². The van der Waals surface area contributed by atoms with E-state index < -0.39 is 9.84 Å². The lowest BCUT2D eigenvalue weighted by Gasteiger charge is -2.23. The SMILES string of the molecule is CCNc1nc(NC2CCCS(=O)(=O)C2)nc(N(C)C)n1. The van der Waals surface area contributed by atoms with Crippen LogP contribution in [0.2, 0.25) is 0 Å². The van der Waals surface area contributed by atoms with Gasteiger partial charge in [0.2, 0.25) is 17.8 Å². The standard InChI is InChI=1S/C12H22N6O2S/c1-4-13-10-15-11(17-12(16-10)18(2)3)14-9-6-5-7-21(19,20)8-9/h9H,4-8H2,1-3H3,(H2,13,14,15,16,17). The summed E-state index contributed by atoms with van der Waals surface area (Å²) in [5.74, 6) is 1.83. The van der Waals surface area contributed by atoms with Crippen LogP contribution in [0.15, 0.2) is 0 Å². The molecule has 1 saturated heterocycles. The summed E-state index contributed by atoms with van der Waals surface area (Å²) >= 11 is 0. The van der Waals surface area contributed by atoms with E-state index in [4.69, 9.17) is 0 Å². The third-order valence-corrected chi connectivity index (χ3v) is 4.98. The second-order valence-corrected chi connectivity index (χ2v) is 7.53. The van der Waals surface area contributed by atoms with Crippen molar-refractivity contribution < 1.29 is 8.42 Å². The number of rotatable bonds is 5. The highest BCUT2D eigenvalue weighted by Crippen LogP contribution is 2.17. The fourth-order valence-electron chi connectivity index (χ4n) is 2.19. The number of anilines is 3. The minimum Gasteiger partial charge on any atom is -0.354 e. The highest BCUT2D eigenvalue weighted by Gasteiger charge is 2.25. The summed E-state index contributed by atoms with van der Waals surface area (Å²) < 4.78 is 23.4. The molecule has 1 aliphatic heterocycles. The molecule has 0 aromatic carbocycles. The van der Waals surface area contributed by atoms with Crippen molar-refractivity contribution in [3.63, 3.8) is 0 Å². The monoisotopic (exact) mass is 314 g/mol. The zero-order chi connectivity index (χ0) is 15.5. The Kier molecular flexibility index (Phi) is 4.81. The summed E-state index contributed by atoms with van der Waals surface area (Å²) in [5.41, 5.74) is 0. The van der Waals surface area contributed by atoms with Crippen molar-refractivity contribution in [3.05, 3.63) is 0 Å². The first-order valence-corrected chi connectivity index (χ1v) is 8.86. The Labute approximate surface area is 125 Å². The first-order chi connectivity index (χ1) is 9.89. The van der Waals surface area contributed by atoms with Crippen LogP contribution in [-0.2, 0) is 9.84 Å². The van der Waals surface area contributed by atoms with E-state index in [1.807, 2.05) is 21.0 Å². The molecule has 0 amide bonds. The zero-order valence-corrected chi connectivity index (χ0v) is 13.4. The molecule has 1 aromatic rings. The molecule has 9 heteroatoms. The maximum atomic E-state index is 11.7. The van der Waals surface area contributed by atoms with E-state index in [9.17, 15) is 8.42 Å². The van der Waals surface area contributed by atoms with Crippen LogP contribution < -0.4 is 15.5 Å². The molecule has 1 atom stereocenters. The number of hydrogen-bond donors (Lipinski definition) is 2. The summed E-state index contributed by atoms with van der Waals surface area (Å²) in [6.45, 7) is 2.66. The van der Waals surface area contributed by atoms with Crippen molar-refractivity contribution in [3.8, 4) is 0 Å². The number of nitrogens with one attached hydrogen (secondary N) is 2. The normalized spacial score (nSPS) is 20.8. The average molecular weight is 314 g/mol. The molecule has 1 aromatic heterocycles. The first kappa shape index (κ1) is 15.7. The third kappa shape index (κ3) is 4.42. The maximum Gasteiger partial charge on any atom is 0.231 e. The van der Waals surface area contributed by atoms with Crippen molar-refractivity contribution in [1.82, 2.24) is 15.0 Å². The van der Waals surface area contributed by atoms with Crippen LogP contribution in [0, 0.1) is 0 Å². The zero-order valence-electron chi connectivity index (χ0n) is 12.6. The largest absolute Gasteiger partial charge is 0.354 e. The Morgan fingerprint density at radius 1 is 1.24 bits per heavy atom. The molecule has 2 rings (SSSR count). The van der Waals surface area contributed by atoms with E-state index >= 15 is 0 Å². The van der Waals surface area contributed by atoms with E-state index in [2.05, 4.69) is 25.6 Å². The molecule has 2 heterocycles. The molecule has 2 N–H and O–H groups in total. The van der Waals surface area contributed by atoms with Crippen molar-refractivity contribution >= 4 is 27.7 Å². The molecule has 0 saturated carbocycles. The van der Waals surface area contributed by atoms with E-state index in [1.165, 1.54) is 0 Å². The van der Waals surface area contributed by atoms with Crippen LogP contribution in [0.5, 0.6) is 0 Å². The van der Waals surface area contributed by atoms with Crippen LogP contribution in [0.4, 0.5) is 17.8 Å². The Morgan fingerprint density at radius 2 is 1.95 bits per heavy atom. The van der Waals surface area contributed by atoms with Crippen LogP contribution in [-0.4, -0.2) is 61.6 Å². The summed E-state index contributed by atoms with van der Waals surface area (Å²) in [6, 6.07) is -0.143. The summed E-state index contributed by atoms with van der Waals surface area (Å²) in [4.78, 5) is 14.7. The summed E-state index contributed by atoms with van der Waals surface area (Å²) in [6.07, 6.45) is 1.48. The van der Waals surface area contributed by atoms with Crippen LogP contribution in [0.1, 0.15) is 19.8 Å². The van der Waals surface area contributed by atoms with Gasteiger partial charge in [-0.25, -0.2) is 8.42 Å². The van der Waals surface area contributed by atoms with Gasteiger partial charge in [0.1, 0.15) is 0 Å². The molecule has 0 spiro atoms. The third-order valence-electron chi connectivity index (χ3n) is 3.15. The molecule has 21 heavy (non-hydrogen) atoms. The van der Waals surface area contributed by atoms with Gasteiger partial charge in [-0.3, -0.25) is 0 Å². The summed E-state index contributed by atoms with van der Waals surface area (Å²) in [7, 11) is 0.736. The van der Waals surface area contributed by atoms with E-state index in [1.54, 1.807) is 4.90 Å². The topological polar surface area (TPSA) is 100 Å². The predicted octanol–water partition coefficient (Wildman–Crippen LogP) is 0.359. The highest BCUT2D eigenvalue weighted by molar-refractivity contribution is 7.91. The predicted molar refractivity (Wildman–Crippen MR) is 83.6 cm³/mol. The van der Waals surface area contributed by atoms with Crippen molar-refractivity contribution in [2.45, 2.75) is 25.8 Å². The van der Waals surface area contributed by atoms with Gasteiger partial charge in [0.05, 0.1) is 11.5 Å². The minimum atomic E-state index is -2.96. The molecule has 0 aliphatic carbocycles. The lowest BCUT2D eigenvalue weighted by atomic mass is 10.2. The lowest BCUT2D eigenvalue weighted by molar-refractivity contribution is 0.561. The van der Waals surface area contributed by atoms with Gasteiger partial charge in [-0.15, -0.1) is 0 Å². The van der Waals surface area contributed by atoms with Crippen LogP contribution >= 0.6 is 0 Å². The smallest absolute Gasteiger partial charge is 0.231 e. The number of aromatic nitrogens is 3. The fraction of sp³-hybridized carbons (Fsp3) is 0.750. The van der Waals surface area contributed by atoms with E-state index in [-0.39, 0.29) is 17.5 Å². The molecule has 1 aliphatic rings. The fourth-order valence-corrected chi connectivity index (χ4v) is 3.82. The first-order valence-electron chi connectivity index (χ1n) is 7.04. The van der Waals surface area contributed by atoms with Gasteiger partial charge in [-0.05, 0) is 19.8 Å².